The summed E-state index contributed by atoms with van der Waals surface area (Å²) in [5, 5.41) is 16.1. The topological polar surface area (TPSA) is 94.2 Å². The minimum Gasteiger partial charge on any atom is -0.409 e. The van der Waals surface area contributed by atoms with E-state index in [0.29, 0.717) is 12.1 Å². The Balaban J connectivity index is 1.54. The minimum absolute atomic E-state index is 0.0422. The van der Waals surface area contributed by atoms with Gasteiger partial charge in [-0.3, -0.25) is 0 Å². The summed E-state index contributed by atoms with van der Waals surface area (Å²) in [5.41, 5.74) is 7.25. The number of oxime groups is 1. The highest BCUT2D eigenvalue weighted by atomic mass is 32.2. The first-order chi connectivity index (χ1) is 16.1. The number of amides is 2. The molecule has 2 amide bonds. The molecule has 0 unspecified atom stereocenters. The first-order valence-electron chi connectivity index (χ1n) is 11.2. The second-order valence-corrected chi connectivity index (χ2v) is 9.02. The summed E-state index contributed by atoms with van der Waals surface area (Å²) in [7, 11) is 0. The van der Waals surface area contributed by atoms with Gasteiger partial charge in [-0.2, -0.15) is 4.83 Å². The molecule has 0 spiro atoms. The molecule has 4 N–H and O–H groups in total. The first-order valence-corrected chi connectivity index (χ1v) is 12.0. The van der Waals surface area contributed by atoms with Crippen molar-refractivity contribution >= 4 is 34.6 Å². The molecule has 1 heterocycles. The van der Waals surface area contributed by atoms with Crippen LogP contribution >= 0.6 is 11.9 Å². The summed E-state index contributed by atoms with van der Waals surface area (Å²) >= 11 is 1.42. The van der Waals surface area contributed by atoms with E-state index in [-0.39, 0.29) is 11.9 Å². The summed E-state index contributed by atoms with van der Waals surface area (Å²) in [6, 6.07) is 21.8. The van der Waals surface area contributed by atoms with Crippen LogP contribution in [0.25, 0.3) is 10.8 Å². The van der Waals surface area contributed by atoms with E-state index in [1.807, 2.05) is 41.3 Å². The van der Waals surface area contributed by atoms with Crippen LogP contribution < -0.4 is 10.6 Å². The van der Waals surface area contributed by atoms with E-state index in [1.165, 1.54) is 17.3 Å². The van der Waals surface area contributed by atoms with Gasteiger partial charge in [0.05, 0.1) is 6.54 Å². The Labute approximate surface area is 198 Å². The van der Waals surface area contributed by atoms with Crippen molar-refractivity contribution in [3.63, 3.8) is 0 Å². The highest BCUT2D eigenvalue weighted by Gasteiger charge is 2.23. The molecule has 8 heteroatoms. The van der Waals surface area contributed by atoms with E-state index in [2.05, 4.69) is 34.3 Å². The molecule has 4 rings (SSSR count). The number of likely N-dealkylation sites (tertiary alicyclic amines) is 1. The molecule has 1 aliphatic rings. The van der Waals surface area contributed by atoms with E-state index in [0.717, 1.165) is 54.6 Å². The van der Waals surface area contributed by atoms with Crippen LogP contribution in [0.5, 0.6) is 0 Å². The largest absolute Gasteiger partial charge is 0.409 e. The van der Waals surface area contributed by atoms with Crippen molar-refractivity contribution < 1.29 is 10.0 Å². The van der Waals surface area contributed by atoms with Gasteiger partial charge in [0, 0.05) is 23.5 Å². The lowest BCUT2D eigenvalue weighted by atomic mass is 10.1. The second kappa shape index (κ2) is 11.1. The number of amidine groups is 1. The number of rotatable bonds is 6. The maximum atomic E-state index is 13.5. The van der Waals surface area contributed by atoms with Crippen molar-refractivity contribution in [1.29, 1.82) is 0 Å². The van der Waals surface area contributed by atoms with Crippen LogP contribution in [0.15, 0.2) is 76.8 Å². The number of fused-ring (bicyclic) bond motifs is 1. The van der Waals surface area contributed by atoms with E-state index in [4.69, 9.17) is 10.9 Å². The maximum Gasteiger partial charge on any atom is 0.335 e. The predicted molar refractivity (Wildman–Crippen MR) is 133 cm³/mol. The molecule has 3 aromatic rings. The molecule has 1 saturated heterocycles. The summed E-state index contributed by atoms with van der Waals surface area (Å²) in [5.74, 6) is 0.0424. The molecule has 3 aromatic carbocycles. The third kappa shape index (κ3) is 5.97. The van der Waals surface area contributed by atoms with E-state index < -0.39 is 0 Å². The third-order valence-electron chi connectivity index (χ3n) is 5.77. The number of carbonyl (C=O) groups is 1. The number of hydrogen-bond donors (Lipinski definition) is 3. The standard InChI is InChI=1S/C25H29N5O2S/c26-24(27-32)22-11-7-8-19(16-22)18-30(25(31)29-14-5-1-2-6-15-29)28-33-23-13-12-20-9-3-4-10-21(20)17-23/h3-4,7-13,16-17,28,32H,1-2,5-6,14-15,18H2,(H2,26,27). The molecule has 0 saturated carbocycles. The number of benzene rings is 3. The molecule has 0 aliphatic carbocycles. The molecule has 0 bridgehead atoms. The van der Waals surface area contributed by atoms with Gasteiger partial charge in [-0.25, -0.2) is 9.80 Å². The Morgan fingerprint density at radius 1 is 1.00 bits per heavy atom. The lowest BCUT2D eigenvalue weighted by Crippen LogP contribution is -2.47. The number of nitrogens with zero attached hydrogens (tertiary/aromatic N) is 3. The van der Waals surface area contributed by atoms with Gasteiger partial charge >= 0.3 is 6.03 Å². The number of urea groups is 1. The third-order valence-corrected chi connectivity index (χ3v) is 6.57. The fourth-order valence-corrected chi connectivity index (χ4v) is 4.66. The summed E-state index contributed by atoms with van der Waals surface area (Å²) in [6.45, 7) is 1.88. The smallest absolute Gasteiger partial charge is 0.335 e. The van der Waals surface area contributed by atoms with E-state index in [9.17, 15) is 4.79 Å². The molecular weight excluding hydrogens is 434 g/mol. The zero-order valence-electron chi connectivity index (χ0n) is 18.5. The van der Waals surface area contributed by atoms with Gasteiger partial charge in [-0.05, 0) is 59.3 Å². The van der Waals surface area contributed by atoms with Gasteiger partial charge in [-0.1, -0.05) is 66.5 Å². The number of nitrogens with one attached hydrogen (secondary N) is 1. The number of nitrogens with two attached hydrogens (primary N) is 1. The maximum absolute atomic E-state index is 13.5. The van der Waals surface area contributed by atoms with E-state index in [1.54, 1.807) is 11.1 Å². The minimum atomic E-state index is -0.0422. The normalized spacial score (nSPS) is 14.8. The van der Waals surface area contributed by atoms with Crippen molar-refractivity contribution in [2.45, 2.75) is 37.1 Å². The zero-order valence-corrected chi connectivity index (χ0v) is 19.3. The molecule has 0 atom stereocenters. The predicted octanol–water partition coefficient (Wildman–Crippen LogP) is 4.94. The molecule has 7 nitrogen and oxygen atoms in total. The zero-order chi connectivity index (χ0) is 23.0. The average molecular weight is 464 g/mol. The van der Waals surface area contributed by atoms with Crippen molar-refractivity contribution in [2.75, 3.05) is 13.1 Å². The van der Waals surface area contributed by atoms with Gasteiger partial charge in [0.15, 0.2) is 5.84 Å². The van der Waals surface area contributed by atoms with Crippen molar-refractivity contribution in [3.05, 3.63) is 77.9 Å². The summed E-state index contributed by atoms with van der Waals surface area (Å²) in [4.78, 5) is 19.7. The van der Waals surface area contributed by atoms with Gasteiger partial charge in [0.1, 0.15) is 0 Å². The average Bonchev–Trinajstić information content (AvgIpc) is 3.15. The second-order valence-electron chi connectivity index (χ2n) is 8.16. The molecule has 1 fully saturated rings. The van der Waals surface area contributed by atoms with Crippen molar-refractivity contribution in [1.82, 2.24) is 14.7 Å². The van der Waals surface area contributed by atoms with Gasteiger partial charge in [0.2, 0.25) is 0 Å². The van der Waals surface area contributed by atoms with Crippen LogP contribution in [0.4, 0.5) is 4.79 Å². The van der Waals surface area contributed by atoms with Crippen molar-refractivity contribution in [2.24, 2.45) is 10.9 Å². The van der Waals surface area contributed by atoms with Crippen LogP contribution in [0, 0.1) is 0 Å². The SMILES string of the molecule is N/C(=N\O)c1cccc(CN(NSc2ccc3ccccc3c2)C(=O)N2CCCCCC2)c1. The lowest BCUT2D eigenvalue weighted by Gasteiger charge is -2.30. The number of hydrogen-bond acceptors (Lipinski definition) is 5. The van der Waals surface area contributed by atoms with Crippen LogP contribution in [-0.4, -0.2) is 40.1 Å². The molecule has 1 aliphatic heterocycles. The van der Waals surface area contributed by atoms with Crippen LogP contribution in [0.3, 0.4) is 0 Å². The molecule has 0 aromatic heterocycles. The fraction of sp³-hybridized carbons (Fsp3) is 0.280. The lowest BCUT2D eigenvalue weighted by molar-refractivity contribution is 0.144. The molecular formula is C25H29N5O2S. The Morgan fingerprint density at radius 2 is 1.76 bits per heavy atom. The number of carbonyl (C=O) groups excluding carboxylic acids is 1. The molecule has 33 heavy (non-hydrogen) atoms. The quantitative estimate of drug-likeness (QED) is 0.158. The van der Waals surface area contributed by atoms with Crippen LogP contribution in [0.2, 0.25) is 0 Å². The van der Waals surface area contributed by atoms with Gasteiger partial charge in [-0.15, -0.1) is 0 Å². The number of hydrazine groups is 1. The fourth-order valence-electron chi connectivity index (χ4n) is 3.98. The van der Waals surface area contributed by atoms with Crippen LogP contribution in [0.1, 0.15) is 36.8 Å². The monoisotopic (exact) mass is 463 g/mol. The molecule has 0 radical (unpaired) electrons. The molecule has 172 valence electrons. The summed E-state index contributed by atoms with van der Waals surface area (Å²) in [6.07, 6.45) is 4.36. The Morgan fingerprint density at radius 3 is 2.52 bits per heavy atom. The van der Waals surface area contributed by atoms with Crippen molar-refractivity contribution in [3.8, 4) is 0 Å². The van der Waals surface area contributed by atoms with E-state index >= 15 is 0 Å². The summed E-state index contributed by atoms with van der Waals surface area (Å²) < 4.78 is 0. The Hall–Kier alpha value is -3.23. The first kappa shape index (κ1) is 22.9. The Kier molecular flexibility index (Phi) is 7.70. The highest BCUT2D eigenvalue weighted by Crippen LogP contribution is 2.23. The van der Waals surface area contributed by atoms with Gasteiger partial charge in [0.25, 0.3) is 0 Å². The highest BCUT2D eigenvalue weighted by molar-refractivity contribution is 7.97. The van der Waals surface area contributed by atoms with Gasteiger partial charge < -0.3 is 15.8 Å². The Bertz CT molecular complexity index is 1130. The van der Waals surface area contributed by atoms with Crippen LogP contribution in [-0.2, 0) is 6.54 Å².